The molecule has 2 aromatic carbocycles. The Kier molecular flexibility index (Phi) is 14.2. The monoisotopic (exact) mass is 556 g/mol. The van der Waals surface area contributed by atoms with Gasteiger partial charge in [0.1, 0.15) is 5.60 Å². The number of carbonyl (C=O) groups is 3. The first-order valence-corrected chi connectivity index (χ1v) is 12.0. The van der Waals surface area contributed by atoms with Crippen LogP contribution in [0.2, 0.25) is 0 Å². The molecule has 0 aliphatic carbocycles. The molecule has 0 aliphatic heterocycles. The summed E-state index contributed by atoms with van der Waals surface area (Å²) in [5.74, 6) is -0.706. The van der Waals surface area contributed by atoms with Crippen LogP contribution in [0.5, 0.6) is 0 Å². The zero-order valence-corrected chi connectivity index (χ0v) is 25.9. The van der Waals surface area contributed by atoms with E-state index in [2.05, 4.69) is 14.5 Å². The SMILES string of the molecule is COC(=O)c1ccc(-c2ccc[nH]2)cc1.COC(=O)c1ccc(-c2cccn2C(=O)OC(C)(C)C)cc1.C[O-].[Na+]. The van der Waals surface area contributed by atoms with E-state index in [0.717, 1.165) is 23.9 Å². The van der Waals surface area contributed by atoms with Gasteiger partial charge in [0.15, 0.2) is 0 Å². The molecule has 0 bridgehead atoms. The summed E-state index contributed by atoms with van der Waals surface area (Å²) in [4.78, 5) is 37.9. The second kappa shape index (κ2) is 16.5. The van der Waals surface area contributed by atoms with Crippen molar-refractivity contribution in [3.63, 3.8) is 0 Å². The number of nitrogens with one attached hydrogen (secondary N) is 1. The molecule has 2 heterocycles. The van der Waals surface area contributed by atoms with Crippen LogP contribution in [-0.2, 0) is 14.2 Å². The molecule has 0 amide bonds. The number of ether oxygens (including phenoxy) is 3. The van der Waals surface area contributed by atoms with Crippen LogP contribution in [-0.4, -0.2) is 54.5 Å². The van der Waals surface area contributed by atoms with Gasteiger partial charge in [-0.1, -0.05) is 24.3 Å². The Bertz CT molecular complexity index is 1340. The average molecular weight is 557 g/mol. The number of aromatic nitrogens is 2. The molecule has 0 spiro atoms. The van der Waals surface area contributed by atoms with Crippen LogP contribution in [0.4, 0.5) is 4.79 Å². The number of hydrogen-bond donors (Lipinski definition) is 1. The van der Waals surface area contributed by atoms with E-state index in [9.17, 15) is 14.4 Å². The molecule has 40 heavy (non-hydrogen) atoms. The third kappa shape index (κ3) is 9.84. The van der Waals surface area contributed by atoms with Crippen LogP contribution in [0.3, 0.4) is 0 Å². The van der Waals surface area contributed by atoms with Crippen LogP contribution in [0.25, 0.3) is 22.5 Å². The number of rotatable bonds is 4. The van der Waals surface area contributed by atoms with Crippen molar-refractivity contribution in [2.24, 2.45) is 0 Å². The molecule has 0 saturated carbocycles. The average Bonchev–Trinajstić information content (AvgIpc) is 3.66. The normalized spacial score (nSPS) is 9.97. The van der Waals surface area contributed by atoms with Gasteiger partial charge in [-0.05, 0) is 80.4 Å². The molecular formula is C30H33N2NaO7. The van der Waals surface area contributed by atoms with E-state index in [1.54, 1.807) is 48.7 Å². The molecule has 0 saturated heterocycles. The molecular weight excluding hydrogens is 523 g/mol. The number of aromatic amines is 1. The minimum atomic E-state index is -0.562. The van der Waals surface area contributed by atoms with Gasteiger partial charge in [-0.25, -0.2) is 14.4 Å². The van der Waals surface area contributed by atoms with E-state index in [0.29, 0.717) is 16.8 Å². The van der Waals surface area contributed by atoms with Crippen molar-refractivity contribution in [2.45, 2.75) is 26.4 Å². The van der Waals surface area contributed by atoms with Crippen LogP contribution < -0.4 is 34.7 Å². The Morgan fingerprint density at radius 2 is 1.25 bits per heavy atom. The molecule has 0 atom stereocenters. The number of nitrogens with zero attached hydrogens (tertiary/aromatic N) is 1. The summed E-state index contributed by atoms with van der Waals surface area (Å²) < 4.78 is 16.1. The largest absolute Gasteiger partial charge is 1.00 e. The first-order chi connectivity index (χ1) is 18.6. The fourth-order valence-electron chi connectivity index (χ4n) is 3.40. The first-order valence-electron chi connectivity index (χ1n) is 12.0. The van der Waals surface area contributed by atoms with Gasteiger partial charge in [-0.3, -0.25) is 4.57 Å². The maximum Gasteiger partial charge on any atom is 1.00 e. The van der Waals surface area contributed by atoms with Crippen molar-refractivity contribution >= 4 is 18.0 Å². The molecule has 9 nitrogen and oxygen atoms in total. The van der Waals surface area contributed by atoms with E-state index < -0.39 is 17.7 Å². The number of methoxy groups -OCH3 is 2. The molecule has 4 aromatic rings. The minimum Gasteiger partial charge on any atom is -0.857 e. The van der Waals surface area contributed by atoms with Crippen LogP contribution in [0.1, 0.15) is 41.5 Å². The van der Waals surface area contributed by atoms with Crippen LogP contribution in [0.15, 0.2) is 85.2 Å². The predicted octanol–water partition coefficient (Wildman–Crippen LogP) is 2.17. The van der Waals surface area contributed by atoms with Gasteiger partial charge in [-0.2, -0.15) is 7.11 Å². The summed E-state index contributed by atoms with van der Waals surface area (Å²) in [6.45, 7) is 5.46. The fraction of sp³-hybridized carbons (Fsp3) is 0.233. The number of benzene rings is 2. The molecule has 0 aliphatic rings. The van der Waals surface area contributed by atoms with Crippen LogP contribution >= 0.6 is 0 Å². The summed E-state index contributed by atoms with van der Waals surface area (Å²) in [5.41, 5.74) is 4.05. The Balaban J connectivity index is 0.000000389. The Morgan fingerprint density at radius 3 is 1.68 bits per heavy atom. The van der Waals surface area contributed by atoms with E-state index in [-0.39, 0.29) is 35.5 Å². The molecule has 10 heteroatoms. The summed E-state index contributed by atoms with van der Waals surface area (Å²) in [6, 6.07) is 21.6. The van der Waals surface area contributed by atoms with Gasteiger partial charge < -0.3 is 24.3 Å². The Labute approximate surface area is 256 Å². The number of esters is 2. The zero-order chi connectivity index (χ0) is 29.0. The maximum atomic E-state index is 12.2. The predicted molar refractivity (Wildman–Crippen MR) is 146 cm³/mol. The van der Waals surface area contributed by atoms with Crippen molar-refractivity contribution in [1.29, 1.82) is 0 Å². The third-order valence-electron chi connectivity index (χ3n) is 5.16. The molecule has 4 rings (SSSR count). The second-order valence-electron chi connectivity index (χ2n) is 8.97. The van der Waals surface area contributed by atoms with Crippen molar-refractivity contribution < 1.29 is 63.3 Å². The van der Waals surface area contributed by atoms with E-state index in [1.807, 2.05) is 57.3 Å². The fourth-order valence-corrected chi connectivity index (χ4v) is 3.40. The number of carbonyl (C=O) groups excluding carboxylic acids is 3. The van der Waals surface area contributed by atoms with Gasteiger partial charge in [0.05, 0.1) is 31.0 Å². The van der Waals surface area contributed by atoms with Gasteiger partial charge in [0.25, 0.3) is 0 Å². The quantitative estimate of drug-likeness (QED) is 0.232. The maximum absolute atomic E-state index is 12.2. The smallest absolute Gasteiger partial charge is 0.857 e. The van der Waals surface area contributed by atoms with Crippen molar-refractivity contribution in [1.82, 2.24) is 9.55 Å². The first kappa shape index (κ1) is 34.4. The Morgan fingerprint density at radius 1 is 0.750 bits per heavy atom. The number of H-pyrrole nitrogens is 1. The van der Waals surface area contributed by atoms with Crippen molar-refractivity contribution in [2.75, 3.05) is 21.3 Å². The minimum absolute atomic E-state index is 0. The Hall–Kier alpha value is -3.63. The van der Waals surface area contributed by atoms with Gasteiger partial charge in [0, 0.05) is 18.1 Å². The van der Waals surface area contributed by atoms with Crippen LogP contribution in [0, 0.1) is 0 Å². The van der Waals surface area contributed by atoms with E-state index in [1.165, 1.54) is 18.8 Å². The topological polar surface area (TPSA) is 123 Å². The van der Waals surface area contributed by atoms with Gasteiger partial charge in [0.2, 0.25) is 0 Å². The standard InChI is InChI=1S/C17H19NO4.C12H11NO2.CH3O.Na/c1-17(2,3)22-16(20)18-11-5-6-14(18)12-7-9-13(10-8-12)15(19)21-4;1-15-12(14)10-6-4-9(5-7-10)11-3-2-8-13-11;1-2;/h5-11H,1-4H3;2-8,13H,1H3;1H3;/q;;-1;+1. The summed E-state index contributed by atoms with van der Waals surface area (Å²) in [7, 11) is 3.46. The van der Waals surface area contributed by atoms with Crippen molar-refractivity contribution in [3.8, 4) is 22.5 Å². The molecule has 2 aromatic heterocycles. The molecule has 0 unspecified atom stereocenters. The molecule has 1 N–H and O–H groups in total. The molecule has 206 valence electrons. The molecule has 0 fully saturated rings. The number of hydrogen-bond acceptors (Lipinski definition) is 7. The summed E-state index contributed by atoms with van der Waals surface area (Å²) >= 11 is 0. The van der Waals surface area contributed by atoms with E-state index >= 15 is 0 Å². The van der Waals surface area contributed by atoms with Crippen molar-refractivity contribution in [3.05, 3.63) is 96.3 Å². The third-order valence-corrected chi connectivity index (χ3v) is 5.16. The second-order valence-corrected chi connectivity index (χ2v) is 8.97. The summed E-state index contributed by atoms with van der Waals surface area (Å²) in [6.07, 6.45) is 3.07. The molecule has 0 radical (unpaired) electrons. The van der Waals surface area contributed by atoms with Gasteiger partial charge in [-0.15, -0.1) is 0 Å². The zero-order valence-electron chi connectivity index (χ0n) is 23.9. The van der Waals surface area contributed by atoms with E-state index in [4.69, 9.17) is 9.84 Å². The van der Waals surface area contributed by atoms with Gasteiger partial charge >= 0.3 is 47.6 Å². The summed E-state index contributed by atoms with van der Waals surface area (Å²) in [5, 5.41) is 8.25.